The Morgan fingerprint density at radius 2 is 1.78 bits per heavy atom. The summed E-state index contributed by atoms with van der Waals surface area (Å²) in [4.78, 5) is 40.1. The number of nitrogens with one attached hydrogen (secondary N) is 1. The first kappa shape index (κ1) is 34.7. The number of fused-ring (bicyclic) bond motifs is 4. The van der Waals surface area contributed by atoms with Crippen LogP contribution in [0.3, 0.4) is 0 Å². The Bertz CT molecular complexity index is 1840. The lowest BCUT2D eigenvalue weighted by molar-refractivity contribution is -0.0218. The van der Waals surface area contributed by atoms with Crippen molar-refractivity contribution in [1.82, 2.24) is 19.8 Å². The van der Waals surface area contributed by atoms with Gasteiger partial charge in [0.1, 0.15) is 12.2 Å². The molecule has 3 heterocycles. The van der Waals surface area contributed by atoms with Crippen LogP contribution in [0.5, 0.6) is 5.88 Å². The van der Waals surface area contributed by atoms with E-state index < -0.39 is 15.6 Å². The van der Waals surface area contributed by atoms with E-state index in [-0.39, 0.29) is 64.3 Å². The number of rotatable bonds is 4. The van der Waals surface area contributed by atoms with Crippen LogP contribution in [0.25, 0.3) is 11.3 Å². The van der Waals surface area contributed by atoms with Gasteiger partial charge in [0, 0.05) is 36.3 Å². The van der Waals surface area contributed by atoms with Crippen molar-refractivity contribution in [2.24, 2.45) is 11.3 Å². The number of carbonyl (C=O) groups is 2. The van der Waals surface area contributed by atoms with Gasteiger partial charge in [-0.25, -0.2) is 22.9 Å². The first-order valence-electron chi connectivity index (χ1n) is 17.0. The van der Waals surface area contributed by atoms with E-state index in [9.17, 15) is 18.0 Å². The summed E-state index contributed by atoms with van der Waals surface area (Å²) >= 11 is 0. The van der Waals surface area contributed by atoms with E-state index in [0.29, 0.717) is 25.2 Å². The van der Waals surface area contributed by atoms with E-state index >= 15 is 0 Å². The van der Waals surface area contributed by atoms with Crippen LogP contribution < -0.4 is 9.46 Å². The highest BCUT2D eigenvalue weighted by atomic mass is 32.2. The number of carbonyl (C=O) groups excluding carboxylic acids is 2. The molecule has 1 N–H and O–H groups in total. The second kappa shape index (κ2) is 12.9. The Balaban J connectivity index is 1.37. The maximum absolute atomic E-state index is 14.5. The molecule has 4 bridgehead atoms. The molecule has 1 aromatic heterocycles. The molecule has 2 aromatic carbocycles. The monoisotopic (exact) mass is 689 g/mol. The van der Waals surface area contributed by atoms with E-state index in [2.05, 4.69) is 28.5 Å². The van der Waals surface area contributed by atoms with Crippen molar-refractivity contribution < 1.29 is 27.5 Å². The van der Waals surface area contributed by atoms with Crippen LogP contribution in [0.2, 0.25) is 0 Å². The number of amides is 2. The molecule has 1 atom stereocenters. The van der Waals surface area contributed by atoms with Gasteiger partial charge in [0.25, 0.3) is 15.9 Å². The van der Waals surface area contributed by atoms with Crippen molar-refractivity contribution in [3.8, 4) is 17.1 Å². The quantitative estimate of drug-likeness (QED) is 0.324. The third-order valence-electron chi connectivity index (χ3n) is 9.67. The Morgan fingerprint density at radius 3 is 2.45 bits per heavy atom. The summed E-state index contributed by atoms with van der Waals surface area (Å²) in [6.07, 6.45) is 2.63. The number of benzene rings is 2. The minimum absolute atomic E-state index is 0.0598. The van der Waals surface area contributed by atoms with Gasteiger partial charge in [0.2, 0.25) is 11.8 Å². The van der Waals surface area contributed by atoms with Gasteiger partial charge in [-0.1, -0.05) is 38.1 Å². The van der Waals surface area contributed by atoms with Crippen LogP contribution in [0, 0.1) is 25.2 Å². The second-order valence-corrected chi connectivity index (χ2v) is 17.0. The molecule has 11 nitrogen and oxygen atoms in total. The number of aromatic nitrogens is 2. The Morgan fingerprint density at radius 1 is 1.08 bits per heavy atom. The Hall–Kier alpha value is -4.19. The van der Waals surface area contributed by atoms with Crippen LogP contribution in [0.15, 0.2) is 53.4 Å². The number of hydrogen-bond donors (Lipinski definition) is 1. The van der Waals surface area contributed by atoms with Crippen molar-refractivity contribution in [2.45, 2.75) is 96.7 Å². The van der Waals surface area contributed by atoms with Gasteiger partial charge in [-0.3, -0.25) is 4.79 Å². The summed E-state index contributed by atoms with van der Waals surface area (Å²) in [5.74, 6) is 0.0927. The maximum Gasteiger partial charge on any atom is 0.410 e. The molecule has 3 aliphatic rings. The number of ether oxygens (including phenoxy) is 2. The standard InChI is InChI=1S/C37H47N5O6S/c1-23(2)16-27-21-47-31-18-30(32-24(3)10-8-11-25(32)4)38-34(39-31)40-49(45,46)29-13-9-12-26(17-29)33(43)42(27)28-19-37(20-28)14-15-41(22-37)35(44)48-36(5,6)7/h8-13,17-18,23,27-28H,14-16,19-22H2,1-7H3,(H,38,39,40)/t27-,28?,37?/m1/s1. The largest absolute Gasteiger partial charge is 0.475 e. The molecule has 1 aliphatic carbocycles. The Labute approximate surface area is 289 Å². The highest BCUT2D eigenvalue weighted by Crippen LogP contribution is 2.51. The van der Waals surface area contributed by atoms with Crippen LogP contribution in [-0.2, 0) is 14.8 Å². The number of nitrogens with zero attached hydrogens (tertiary/aromatic N) is 4. The van der Waals surface area contributed by atoms with Crippen molar-refractivity contribution in [1.29, 1.82) is 0 Å². The predicted octanol–water partition coefficient (Wildman–Crippen LogP) is 6.60. The zero-order valence-electron chi connectivity index (χ0n) is 29.4. The van der Waals surface area contributed by atoms with Crippen molar-refractivity contribution >= 4 is 28.0 Å². The molecule has 1 spiro atoms. The van der Waals surface area contributed by atoms with Gasteiger partial charge in [-0.2, -0.15) is 4.98 Å². The summed E-state index contributed by atoms with van der Waals surface area (Å²) in [6, 6.07) is 13.3. The summed E-state index contributed by atoms with van der Waals surface area (Å²) in [5, 5.41) is 0. The molecule has 3 aromatic rings. The van der Waals surface area contributed by atoms with Crippen molar-refractivity contribution in [2.75, 3.05) is 24.4 Å². The summed E-state index contributed by atoms with van der Waals surface area (Å²) in [7, 11) is -4.16. The van der Waals surface area contributed by atoms with Crippen LogP contribution in [0.4, 0.5) is 10.7 Å². The lowest BCUT2D eigenvalue weighted by Gasteiger charge is -2.52. The van der Waals surface area contributed by atoms with Gasteiger partial charge in [-0.05, 0) is 101 Å². The molecule has 262 valence electrons. The lowest BCUT2D eigenvalue weighted by Crippen LogP contribution is -2.58. The van der Waals surface area contributed by atoms with E-state index in [1.807, 2.05) is 57.7 Å². The molecule has 6 rings (SSSR count). The van der Waals surface area contributed by atoms with E-state index in [4.69, 9.17) is 9.47 Å². The third-order valence-corrected chi connectivity index (χ3v) is 11.0. The van der Waals surface area contributed by atoms with E-state index in [1.54, 1.807) is 23.1 Å². The first-order chi connectivity index (χ1) is 23.0. The molecular weight excluding hydrogens is 643 g/mol. The zero-order chi connectivity index (χ0) is 35.3. The average molecular weight is 690 g/mol. The molecule has 0 unspecified atom stereocenters. The first-order valence-corrected chi connectivity index (χ1v) is 18.5. The van der Waals surface area contributed by atoms with Gasteiger partial charge in [-0.15, -0.1) is 0 Å². The van der Waals surface area contributed by atoms with Gasteiger partial charge < -0.3 is 19.3 Å². The molecule has 12 heteroatoms. The molecule has 49 heavy (non-hydrogen) atoms. The summed E-state index contributed by atoms with van der Waals surface area (Å²) in [5.41, 5.74) is 2.96. The van der Waals surface area contributed by atoms with Crippen molar-refractivity contribution in [3.63, 3.8) is 0 Å². The molecule has 1 saturated heterocycles. The number of hydrogen-bond acceptors (Lipinski definition) is 8. The molecule has 2 fully saturated rings. The smallest absolute Gasteiger partial charge is 0.410 e. The normalized spacial score (nSPS) is 23.6. The van der Waals surface area contributed by atoms with Crippen LogP contribution in [-0.4, -0.2) is 77.6 Å². The molecule has 2 aliphatic heterocycles. The highest BCUT2D eigenvalue weighted by Gasteiger charge is 2.53. The molecule has 0 radical (unpaired) electrons. The van der Waals surface area contributed by atoms with E-state index in [0.717, 1.165) is 36.0 Å². The van der Waals surface area contributed by atoms with Gasteiger partial charge >= 0.3 is 6.09 Å². The fourth-order valence-corrected chi connectivity index (χ4v) is 8.51. The van der Waals surface area contributed by atoms with Gasteiger partial charge in [0.15, 0.2) is 0 Å². The molecule has 2 amide bonds. The molecular formula is C37H47N5O6S. The topological polar surface area (TPSA) is 131 Å². The number of likely N-dealkylation sites (tertiary alicyclic amines) is 1. The minimum atomic E-state index is -4.16. The average Bonchev–Trinajstić information content (AvgIpc) is 3.44. The minimum Gasteiger partial charge on any atom is -0.475 e. The Kier molecular flexibility index (Phi) is 9.15. The summed E-state index contributed by atoms with van der Waals surface area (Å²) in [6.45, 7) is 15.1. The maximum atomic E-state index is 14.5. The lowest BCUT2D eigenvalue weighted by atomic mass is 9.64. The predicted molar refractivity (Wildman–Crippen MR) is 187 cm³/mol. The second-order valence-electron chi connectivity index (χ2n) is 15.3. The fraction of sp³-hybridized carbons (Fsp3) is 0.514. The fourth-order valence-electron chi connectivity index (χ4n) is 7.52. The van der Waals surface area contributed by atoms with Crippen LogP contribution >= 0.6 is 0 Å². The van der Waals surface area contributed by atoms with E-state index in [1.165, 1.54) is 12.1 Å². The highest BCUT2D eigenvalue weighted by molar-refractivity contribution is 7.92. The molecule has 1 saturated carbocycles. The summed E-state index contributed by atoms with van der Waals surface area (Å²) < 4.78 is 42.0. The van der Waals surface area contributed by atoms with Crippen LogP contribution in [0.1, 0.15) is 81.8 Å². The number of sulfonamides is 1. The third kappa shape index (κ3) is 7.39. The number of anilines is 1. The van der Waals surface area contributed by atoms with Gasteiger partial charge in [0.05, 0.1) is 16.6 Å². The SMILES string of the molecule is Cc1cccc(C)c1-c1cc2nc(n1)NS(=O)(=O)c1cccc(c1)C(=O)N(C1CC3(CCN(C(=O)OC(C)(C)C)C3)C1)[C@H](CC(C)C)CO2. The number of aryl methyl sites for hydroxylation is 2. The zero-order valence-corrected chi connectivity index (χ0v) is 30.3. The van der Waals surface area contributed by atoms with Crippen molar-refractivity contribution in [3.05, 3.63) is 65.2 Å².